The summed E-state index contributed by atoms with van der Waals surface area (Å²) in [4.78, 5) is 22.9. The van der Waals surface area contributed by atoms with Gasteiger partial charge in [0.1, 0.15) is 17.2 Å². The van der Waals surface area contributed by atoms with Crippen molar-refractivity contribution in [2.24, 2.45) is 5.41 Å². The highest BCUT2D eigenvalue weighted by Gasteiger charge is 2.38. The molecule has 3 aromatic rings. The first-order valence-corrected chi connectivity index (χ1v) is 14.4. The predicted molar refractivity (Wildman–Crippen MR) is 146 cm³/mol. The van der Waals surface area contributed by atoms with Gasteiger partial charge in [-0.3, -0.25) is 14.7 Å². The molecule has 8 heteroatoms. The molecule has 2 aliphatic heterocycles. The topological polar surface area (TPSA) is 71.5 Å². The van der Waals surface area contributed by atoms with Crippen LogP contribution in [-0.4, -0.2) is 63.1 Å². The molecule has 5 rings (SSSR count). The Morgan fingerprint density at radius 3 is 2.76 bits per heavy atom. The Bertz CT molecular complexity index is 1160. The number of carbonyl (C=O) groups is 1. The molecule has 1 spiro atoms. The Morgan fingerprint density at radius 2 is 1.95 bits per heavy atom. The summed E-state index contributed by atoms with van der Waals surface area (Å²) in [6.45, 7) is 7.01. The van der Waals surface area contributed by atoms with Gasteiger partial charge in [-0.25, -0.2) is 0 Å². The molecule has 0 atom stereocenters. The van der Waals surface area contributed by atoms with Gasteiger partial charge in [0.05, 0.1) is 5.69 Å². The number of ether oxygens (including phenoxy) is 1. The lowest BCUT2D eigenvalue weighted by Gasteiger charge is -2.45. The minimum atomic E-state index is 0.104. The number of piperidine rings is 1. The van der Waals surface area contributed by atoms with E-state index in [1.54, 1.807) is 0 Å². The maximum atomic E-state index is 13.3. The summed E-state index contributed by atoms with van der Waals surface area (Å²) in [5.74, 6) is 1.13. The monoisotopic (exact) mass is 519 g/mol. The van der Waals surface area contributed by atoms with Gasteiger partial charge in [-0.1, -0.05) is 42.1 Å². The van der Waals surface area contributed by atoms with Crippen LogP contribution in [0.4, 0.5) is 0 Å². The van der Waals surface area contributed by atoms with Crippen LogP contribution in [0.3, 0.4) is 0 Å². The van der Waals surface area contributed by atoms with Gasteiger partial charge >= 0.3 is 0 Å². The Morgan fingerprint density at radius 1 is 1.08 bits per heavy atom. The van der Waals surface area contributed by atoms with E-state index in [0.29, 0.717) is 11.5 Å². The third kappa shape index (κ3) is 6.36. The van der Waals surface area contributed by atoms with Crippen LogP contribution >= 0.6 is 11.5 Å². The van der Waals surface area contributed by atoms with Crippen molar-refractivity contribution in [2.75, 3.05) is 32.8 Å². The summed E-state index contributed by atoms with van der Waals surface area (Å²) < 4.78 is 10.3. The number of fused-ring (bicyclic) bond motifs is 1. The summed E-state index contributed by atoms with van der Waals surface area (Å²) >= 11 is 1.23. The van der Waals surface area contributed by atoms with E-state index in [1.165, 1.54) is 35.5 Å². The zero-order valence-corrected chi connectivity index (χ0v) is 22.6. The zero-order valence-electron chi connectivity index (χ0n) is 21.8. The summed E-state index contributed by atoms with van der Waals surface area (Å²) in [7, 11) is 0. The Balaban J connectivity index is 1.32. The molecule has 2 aromatic heterocycles. The molecule has 0 aliphatic carbocycles. The summed E-state index contributed by atoms with van der Waals surface area (Å²) in [6, 6.07) is 12.6. The molecule has 0 radical (unpaired) electrons. The van der Waals surface area contributed by atoms with E-state index in [0.717, 1.165) is 76.3 Å². The number of likely N-dealkylation sites (tertiary alicyclic amines) is 1. The molecule has 0 unspecified atom stereocenters. The number of aryl methyl sites for hydroxylation is 2. The smallest absolute Gasteiger partial charge is 0.267 e. The van der Waals surface area contributed by atoms with Crippen molar-refractivity contribution in [2.45, 2.75) is 58.4 Å². The van der Waals surface area contributed by atoms with Crippen LogP contribution in [0.25, 0.3) is 0 Å². The van der Waals surface area contributed by atoms with Gasteiger partial charge in [0, 0.05) is 45.1 Å². The van der Waals surface area contributed by atoms with Gasteiger partial charge in [0.2, 0.25) is 0 Å². The van der Waals surface area contributed by atoms with Gasteiger partial charge in [-0.05, 0) is 78.7 Å². The van der Waals surface area contributed by atoms with Crippen LogP contribution < -0.4 is 4.74 Å². The molecule has 1 aromatic carbocycles. The second-order valence-corrected chi connectivity index (χ2v) is 11.2. The summed E-state index contributed by atoms with van der Waals surface area (Å²) in [5.41, 5.74) is 3.55. The molecule has 7 nitrogen and oxygen atoms in total. The Hall–Kier alpha value is -2.84. The Kier molecular flexibility index (Phi) is 8.46. The lowest BCUT2D eigenvalue weighted by atomic mass is 9.73. The molecule has 0 saturated carbocycles. The average Bonchev–Trinajstić information content (AvgIpc) is 3.41. The lowest BCUT2D eigenvalue weighted by molar-refractivity contribution is 0.0363. The van der Waals surface area contributed by atoms with Crippen LogP contribution in [-0.2, 0) is 19.4 Å². The molecule has 1 amide bonds. The van der Waals surface area contributed by atoms with Crippen LogP contribution in [0, 0.1) is 5.41 Å². The minimum Gasteiger partial charge on any atom is -0.492 e. The molecule has 196 valence electrons. The zero-order chi connectivity index (χ0) is 25.5. The van der Waals surface area contributed by atoms with Crippen molar-refractivity contribution < 1.29 is 9.53 Å². The van der Waals surface area contributed by atoms with Gasteiger partial charge in [0.15, 0.2) is 0 Å². The maximum absolute atomic E-state index is 13.3. The first-order chi connectivity index (χ1) is 18.2. The van der Waals surface area contributed by atoms with Crippen molar-refractivity contribution in [3.05, 3.63) is 70.5 Å². The molecular formula is C29H37N5O2S. The first kappa shape index (κ1) is 25.8. The van der Waals surface area contributed by atoms with Crippen LogP contribution in [0.15, 0.2) is 48.8 Å². The highest BCUT2D eigenvalue weighted by Crippen LogP contribution is 2.39. The number of hydrogen-bond donors (Lipinski definition) is 0. The SMILES string of the molecule is CCc1nnsc1C(=O)N1CCC2(CCCCc3ccccc3OCCN(Cc3cccnc3)C2)CC1. The second kappa shape index (κ2) is 12.1. The molecule has 0 N–H and O–H groups in total. The van der Waals surface area contributed by atoms with E-state index in [1.807, 2.05) is 30.3 Å². The molecular weight excluding hydrogens is 482 g/mol. The van der Waals surface area contributed by atoms with E-state index in [9.17, 15) is 4.79 Å². The van der Waals surface area contributed by atoms with Crippen LogP contribution in [0.1, 0.15) is 65.5 Å². The quantitative estimate of drug-likeness (QED) is 0.482. The lowest BCUT2D eigenvalue weighted by Crippen LogP contribution is -2.48. The molecule has 0 bridgehead atoms. The fourth-order valence-electron chi connectivity index (χ4n) is 5.81. The number of aromatic nitrogens is 3. The van der Waals surface area contributed by atoms with Crippen LogP contribution in [0.2, 0.25) is 0 Å². The number of benzene rings is 1. The maximum Gasteiger partial charge on any atom is 0.267 e. The molecule has 4 heterocycles. The number of pyridine rings is 1. The standard InChI is InChI=1S/C29H37N5O2S/c1-2-25-27(37-32-31-25)28(35)34-16-13-29(14-17-34)12-6-5-10-24-9-3-4-11-26(24)36-19-18-33(22-29)21-23-8-7-15-30-20-23/h3-4,7-9,11,15,20H,2,5-6,10,12-14,16-19,21-22H2,1H3. The molecule has 1 fully saturated rings. The van der Waals surface area contributed by atoms with Crippen molar-refractivity contribution in [1.82, 2.24) is 24.4 Å². The summed E-state index contributed by atoms with van der Waals surface area (Å²) in [6.07, 6.45) is 11.1. The van der Waals surface area contributed by atoms with Crippen molar-refractivity contribution in [3.63, 3.8) is 0 Å². The fourth-order valence-corrected chi connectivity index (χ4v) is 6.53. The van der Waals surface area contributed by atoms with Crippen molar-refractivity contribution in [3.8, 4) is 5.75 Å². The Labute approximate surface area is 224 Å². The second-order valence-electron chi connectivity index (χ2n) is 10.4. The van der Waals surface area contributed by atoms with E-state index in [4.69, 9.17) is 4.74 Å². The normalized spacial score (nSPS) is 18.9. The fraction of sp³-hybridized carbons (Fsp3) is 0.517. The number of para-hydroxylation sites is 1. The third-order valence-electron chi connectivity index (χ3n) is 7.93. The third-order valence-corrected chi connectivity index (χ3v) is 8.68. The van der Waals surface area contributed by atoms with Crippen molar-refractivity contribution >= 4 is 17.4 Å². The largest absolute Gasteiger partial charge is 0.492 e. The highest BCUT2D eigenvalue weighted by molar-refractivity contribution is 7.08. The average molecular weight is 520 g/mol. The van der Waals surface area contributed by atoms with Gasteiger partial charge in [0.25, 0.3) is 5.91 Å². The number of rotatable bonds is 4. The van der Waals surface area contributed by atoms with Gasteiger partial charge < -0.3 is 9.64 Å². The molecule has 37 heavy (non-hydrogen) atoms. The number of amides is 1. The molecule has 2 aliphatic rings. The first-order valence-electron chi connectivity index (χ1n) is 13.6. The molecule has 1 saturated heterocycles. The van der Waals surface area contributed by atoms with Gasteiger partial charge in [-0.2, -0.15) is 0 Å². The van der Waals surface area contributed by atoms with E-state index >= 15 is 0 Å². The van der Waals surface area contributed by atoms with Crippen molar-refractivity contribution in [1.29, 1.82) is 0 Å². The van der Waals surface area contributed by atoms with Crippen LogP contribution in [0.5, 0.6) is 5.75 Å². The number of nitrogens with zero attached hydrogens (tertiary/aromatic N) is 5. The van der Waals surface area contributed by atoms with E-state index < -0.39 is 0 Å². The number of hydrogen-bond acceptors (Lipinski definition) is 7. The predicted octanol–water partition coefficient (Wildman–Crippen LogP) is 5.03. The van der Waals surface area contributed by atoms with E-state index in [-0.39, 0.29) is 11.3 Å². The van der Waals surface area contributed by atoms with Gasteiger partial charge in [-0.15, -0.1) is 5.10 Å². The highest BCUT2D eigenvalue weighted by atomic mass is 32.1. The van der Waals surface area contributed by atoms with E-state index in [2.05, 4.69) is 49.8 Å². The summed E-state index contributed by atoms with van der Waals surface area (Å²) in [5, 5.41) is 4.16. The number of carbonyl (C=O) groups excluding carboxylic acids is 1. The minimum absolute atomic E-state index is 0.104.